The molecule has 4 N–H and O–H groups in total. The van der Waals surface area contributed by atoms with E-state index >= 15 is 0 Å². The molecule has 1 aliphatic carbocycles. The van der Waals surface area contributed by atoms with Gasteiger partial charge in [-0.25, -0.2) is 0 Å². The molecule has 3 aromatic rings. The Morgan fingerprint density at radius 2 is 1.59 bits per heavy atom. The van der Waals surface area contributed by atoms with Gasteiger partial charge in [0, 0.05) is 35.4 Å². The molecule has 1 aliphatic rings. The van der Waals surface area contributed by atoms with Gasteiger partial charge in [0.15, 0.2) is 0 Å². The van der Waals surface area contributed by atoms with Gasteiger partial charge >= 0.3 is 0 Å². The molecule has 4 nitrogen and oxygen atoms in total. The van der Waals surface area contributed by atoms with Crippen LogP contribution in [0.2, 0.25) is 0 Å². The van der Waals surface area contributed by atoms with E-state index in [1.165, 1.54) is 11.1 Å². The molecule has 0 aliphatic heterocycles. The van der Waals surface area contributed by atoms with Gasteiger partial charge in [0.1, 0.15) is 0 Å². The number of rotatable bonds is 6. The highest BCUT2D eigenvalue weighted by molar-refractivity contribution is 6.04. The third-order valence-corrected chi connectivity index (χ3v) is 4.90. The molecule has 1 amide bonds. The van der Waals surface area contributed by atoms with Crippen LogP contribution in [0.4, 0.5) is 11.4 Å². The molecule has 6 heteroatoms. The van der Waals surface area contributed by atoms with E-state index in [2.05, 4.69) is 22.8 Å². The Kier molecular flexibility index (Phi) is 8.09. The van der Waals surface area contributed by atoms with Crippen LogP contribution in [0.1, 0.15) is 33.8 Å². The molecule has 0 heterocycles. The first-order valence-corrected chi connectivity index (χ1v) is 9.24. The zero-order valence-electron chi connectivity index (χ0n) is 15.9. The average molecular weight is 430 g/mol. The van der Waals surface area contributed by atoms with Crippen LogP contribution in [-0.4, -0.2) is 11.9 Å². The maximum absolute atomic E-state index is 12.6. The Hall–Kier alpha value is -2.53. The fourth-order valence-corrected chi connectivity index (χ4v) is 3.19. The van der Waals surface area contributed by atoms with Gasteiger partial charge in [-0.3, -0.25) is 4.79 Å². The standard InChI is InChI=1S/C23H23N3O.2ClH/c24-22-14-21(22)17-9-11-19(12-10-17)26-23(27)18-7-4-8-20(13-18)25-15-16-5-2-1-3-6-16;;/h1-13,21-22,25H,14-15,24H2,(H,26,27);2*1H/t21-,22+;;/m0../s1. The van der Waals surface area contributed by atoms with Crippen LogP contribution in [0.25, 0.3) is 0 Å². The van der Waals surface area contributed by atoms with Crippen LogP contribution in [0, 0.1) is 0 Å². The summed E-state index contributed by atoms with van der Waals surface area (Å²) in [5, 5.41) is 6.32. The summed E-state index contributed by atoms with van der Waals surface area (Å²) >= 11 is 0. The molecule has 1 saturated carbocycles. The van der Waals surface area contributed by atoms with Crippen LogP contribution in [0.15, 0.2) is 78.9 Å². The van der Waals surface area contributed by atoms with Crippen molar-refractivity contribution >= 4 is 42.1 Å². The molecule has 3 aromatic carbocycles. The lowest BCUT2D eigenvalue weighted by atomic mass is 10.1. The van der Waals surface area contributed by atoms with Gasteiger partial charge < -0.3 is 16.4 Å². The van der Waals surface area contributed by atoms with Gasteiger partial charge in [-0.1, -0.05) is 48.5 Å². The van der Waals surface area contributed by atoms with Gasteiger partial charge in [0.05, 0.1) is 0 Å². The van der Waals surface area contributed by atoms with E-state index in [9.17, 15) is 4.79 Å². The molecule has 0 aromatic heterocycles. The van der Waals surface area contributed by atoms with Gasteiger partial charge in [-0.05, 0) is 47.9 Å². The minimum Gasteiger partial charge on any atom is -0.381 e. The minimum atomic E-state index is -0.116. The first-order chi connectivity index (χ1) is 13.2. The molecule has 2 atom stereocenters. The molecule has 0 unspecified atom stereocenters. The van der Waals surface area contributed by atoms with Crippen molar-refractivity contribution in [1.82, 2.24) is 0 Å². The summed E-state index contributed by atoms with van der Waals surface area (Å²) in [6, 6.07) is 26.0. The van der Waals surface area contributed by atoms with Crippen molar-refractivity contribution in [2.45, 2.75) is 24.9 Å². The quantitative estimate of drug-likeness (QED) is 0.503. The van der Waals surface area contributed by atoms with Gasteiger partial charge in [-0.2, -0.15) is 0 Å². The van der Waals surface area contributed by atoms with Crippen LogP contribution >= 0.6 is 24.8 Å². The van der Waals surface area contributed by atoms with E-state index in [4.69, 9.17) is 5.73 Å². The molecule has 1 fully saturated rings. The molecule has 0 spiro atoms. The molecule has 0 saturated heterocycles. The number of amides is 1. The second kappa shape index (κ2) is 10.3. The number of nitrogens with one attached hydrogen (secondary N) is 2. The maximum Gasteiger partial charge on any atom is 0.255 e. The first kappa shape index (κ1) is 22.8. The molecular weight excluding hydrogens is 405 g/mol. The number of carbonyl (C=O) groups is 1. The molecular formula is C23H25Cl2N3O. The van der Waals surface area contributed by atoms with Crippen molar-refractivity contribution < 1.29 is 4.79 Å². The van der Waals surface area contributed by atoms with Crippen molar-refractivity contribution in [2.75, 3.05) is 10.6 Å². The summed E-state index contributed by atoms with van der Waals surface area (Å²) in [5.74, 6) is 0.358. The largest absolute Gasteiger partial charge is 0.381 e. The van der Waals surface area contributed by atoms with Crippen molar-refractivity contribution in [2.24, 2.45) is 5.73 Å². The first-order valence-electron chi connectivity index (χ1n) is 9.24. The second-order valence-corrected chi connectivity index (χ2v) is 7.00. The van der Waals surface area contributed by atoms with Crippen molar-refractivity contribution in [3.8, 4) is 0 Å². The Bertz CT molecular complexity index is 932. The normalized spacial score (nSPS) is 16.7. The molecule has 29 heavy (non-hydrogen) atoms. The lowest BCUT2D eigenvalue weighted by molar-refractivity contribution is 0.102. The number of halogens is 2. The molecule has 0 radical (unpaired) electrons. The summed E-state index contributed by atoms with van der Waals surface area (Å²) < 4.78 is 0. The SMILES string of the molecule is Cl.Cl.N[C@@H]1C[C@H]1c1ccc(NC(=O)c2cccc(NCc3ccccc3)c2)cc1. The zero-order chi connectivity index (χ0) is 18.6. The summed E-state index contributed by atoms with van der Waals surface area (Å²) in [7, 11) is 0. The van der Waals surface area contributed by atoms with E-state index in [0.717, 1.165) is 24.3 Å². The van der Waals surface area contributed by atoms with Crippen LogP contribution < -0.4 is 16.4 Å². The molecule has 4 rings (SSSR count). The Balaban J connectivity index is 0.00000150. The summed E-state index contributed by atoms with van der Waals surface area (Å²) in [6.45, 7) is 0.719. The van der Waals surface area contributed by atoms with Gasteiger partial charge in [-0.15, -0.1) is 24.8 Å². The topological polar surface area (TPSA) is 67.1 Å². The van der Waals surface area contributed by atoms with E-state index < -0.39 is 0 Å². The number of benzene rings is 3. The third-order valence-electron chi connectivity index (χ3n) is 4.90. The van der Waals surface area contributed by atoms with E-state index in [1.807, 2.05) is 66.7 Å². The van der Waals surface area contributed by atoms with Crippen LogP contribution in [-0.2, 0) is 6.54 Å². The summed E-state index contributed by atoms with van der Waals surface area (Å²) in [4.78, 5) is 12.6. The predicted octanol–water partition coefficient (Wildman–Crippen LogP) is 5.21. The number of anilines is 2. The van der Waals surface area contributed by atoms with Gasteiger partial charge in [0.25, 0.3) is 5.91 Å². The highest BCUT2D eigenvalue weighted by atomic mass is 35.5. The minimum absolute atomic E-state index is 0. The third kappa shape index (κ3) is 5.97. The monoisotopic (exact) mass is 429 g/mol. The maximum atomic E-state index is 12.6. The predicted molar refractivity (Wildman–Crippen MR) is 124 cm³/mol. The van der Waals surface area contributed by atoms with Gasteiger partial charge in [0.2, 0.25) is 0 Å². The van der Waals surface area contributed by atoms with Crippen molar-refractivity contribution in [3.63, 3.8) is 0 Å². The summed E-state index contributed by atoms with van der Waals surface area (Å²) in [5.41, 5.74) is 10.7. The summed E-state index contributed by atoms with van der Waals surface area (Å²) in [6.07, 6.45) is 1.05. The average Bonchev–Trinajstić information content (AvgIpc) is 3.44. The van der Waals surface area contributed by atoms with Crippen molar-refractivity contribution in [3.05, 3.63) is 95.6 Å². The van der Waals surface area contributed by atoms with E-state index in [0.29, 0.717) is 11.5 Å². The van der Waals surface area contributed by atoms with Crippen LogP contribution in [0.3, 0.4) is 0 Å². The highest BCUT2D eigenvalue weighted by Gasteiger charge is 2.34. The molecule has 0 bridgehead atoms. The van der Waals surface area contributed by atoms with E-state index in [-0.39, 0.29) is 36.8 Å². The van der Waals surface area contributed by atoms with Crippen molar-refractivity contribution in [1.29, 1.82) is 0 Å². The lowest BCUT2D eigenvalue weighted by Gasteiger charge is -2.10. The Morgan fingerprint density at radius 3 is 2.24 bits per heavy atom. The fourth-order valence-electron chi connectivity index (χ4n) is 3.19. The number of carbonyl (C=O) groups excluding carboxylic acids is 1. The lowest BCUT2D eigenvalue weighted by Crippen LogP contribution is -2.12. The van der Waals surface area contributed by atoms with Crippen LogP contribution in [0.5, 0.6) is 0 Å². The Labute approximate surface area is 183 Å². The number of hydrogen-bond donors (Lipinski definition) is 3. The zero-order valence-corrected chi connectivity index (χ0v) is 17.5. The smallest absolute Gasteiger partial charge is 0.255 e. The number of hydrogen-bond acceptors (Lipinski definition) is 3. The van der Waals surface area contributed by atoms with E-state index in [1.54, 1.807) is 0 Å². The Morgan fingerprint density at radius 1 is 0.897 bits per heavy atom. The highest BCUT2D eigenvalue weighted by Crippen LogP contribution is 2.39. The molecule has 152 valence electrons. The number of nitrogens with two attached hydrogens (primary N) is 1. The second-order valence-electron chi connectivity index (χ2n) is 7.00. The fraction of sp³-hybridized carbons (Fsp3) is 0.174.